The zero-order valence-corrected chi connectivity index (χ0v) is 17.5. The van der Waals surface area contributed by atoms with E-state index in [0.29, 0.717) is 48.7 Å². The molecule has 0 spiro atoms. The largest absolute Gasteiger partial charge is 0.464 e. The molecule has 0 atom stereocenters. The minimum atomic E-state index is -0.468. The van der Waals surface area contributed by atoms with E-state index in [4.69, 9.17) is 4.74 Å². The fourth-order valence-corrected chi connectivity index (χ4v) is 3.15. The summed E-state index contributed by atoms with van der Waals surface area (Å²) >= 11 is 0. The molecule has 0 aromatic carbocycles. The lowest BCUT2D eigenvalue weighted by molar-refractivity contribution is 0.0587. The van der Waals surface area contributed by atoms with Crippen molar-refractivity contribution in [2.45, 2.75) is 34.2 Å². The van der Waals surface area contributed by atoms with E-state index in [9.17, 15) is 14.4 Å². The van der Waals surface area contributed by atoms with Gasteiger partial charge in [0.2, 0.25) is 0 Å². The fraction of sp³-hybridized carbons (Fsp3) is 0.632. The predicted octanol–water partition coefficient (Wildman–Crippen LogP) is 1.69. The van der Waals surface area contributed by atoms with Gasteiger partial charge < -0.3 is 24.4 Å². The van der Waals surface area contributed by atoms with E-state index < -0.39 is 5.97 Å². The summed E-state index contributed by atoms with van der Waals surface area (Å²) in [6, 6.07) is -0.272. The summed E-state index contributed by atoms with van der Waals surface area (Å²) in [6.07, 6.45) is 0. The normalized spacial score (nSPS) is 10.8. The molecule has 0 radical (unpaired) electrons. The summed E-state index contributed by atoms with van der Waals surface area (Å²) in [4.78, 5) is 41.0. The number of likely N-dealkylation sites (N-methyl/N-ethyl adjacent to an activating group) is 1. The summed E-state index contributed by atoms with van der Waals surface area (Å²) < 4.78 is 6.66. The number of esters is 1. The zero-order valence-electron chi connectivity index (χ0n) is 17.5. The Kier molecular flexibility index (Phi) is 8.49. The maximum Gasteiger partial charge on any atom is 0.354 e. The van der Waals surface area contributed by atoms with Gasteiger partial charge in [0.1, 0.15) is 5.69 Å². The van der Waals surface area contributed by atoms with E-state index in [1.807, 2.05) is 39.8 Å². The van der Waals surface area contributed by atoms with Crippen LogP contribution in [-0.4, -0.2) is 79.5 Å². The second-order valence-electron chi connectivity index (χ2n) is 6.65. The molecule has 0 aliphatic rings. The lowest BCUT2D eigenvalue weighted by atomic mass is 10.1. The van der Waals surface area contributed by atoms with E-state index in [1.54, 1.807) is 11.5 Å². The van der Waals surface area contributed by atoms with E-state index in [2.05, 4.69) is 5.32 Å². The van der Waals surface area contributed by atoms with Crippen LogP contribution >= 0.6 is 0 Å². The van der Waals surface area contributed by atoms with Crippen LogP contribution < -0.4 is 5.32 Å². The number of amides is 2. The number of carbonyl (C=O) groups is 3. The van der Waals surface area contributed by atoms with Crippen LogP contribution in [0.15, 0.2) is 0 Å². The van der Waals surface area contributed by atoms with Crippen molar-refractivity contribution in [2.75, 3.05) is 47.4 Å². The number of carbonyl (C=O) groups excluding carboxylic acids is 3. The Balaban J connectivity index is 3.20. The first-order chi connectivity index (χ1) is 12.7. The number of urea groups is 1. The third-order valence-corrected chi connectivity index (χ3v) is 4.51. The number of hydrogen-bond acceptors (Lipinski definition) is 5. The Bertz CT molecular complexity index is 694. The molecule has 0 aliphatic heterocycles. The second-order valence-corrected chi connectivity index (χ2v) is 6.65. The zero-order chi connectivity index (χ0) is 20.7. The summed E-state index contributed by atoms with van der Waals surface area (Å²) in [7, 11) is 5.15. The second kappa shape index (κ2) is 10.1. The number of Topliss-reactive ketones (excluding diaryl/α,β-unsaturated/α-hetero) is 1. The monoisotopic (exact) mass is 380 g/mol. The number of ketones is 1. The quantitative estimate of drug-likeness (QED) is 0.521. The molecule has 27 heavy (non-hydrogen) atoms. The molecule has 1 aromatic rings. The molecule has 1 heterocycles. The number of methoxy groups -OCH3 is 1. The Morgan fingerprint density at radius 3 is 2.22 bits per heavy atom. The van der Waals surface area contributed by atoms with Gasteiger partial charge in [0, 0.05) is 37.4 Å². The van der Waals surface area contributed by atoms with Gasteiger partial charge in [-0.15, -0.1) is 0 Å². The van der Waals surface area contributed by atoms with Crippen LogP contribution in [0.1, 0.15) is 46.0 Å². The van der Waals surface area contributed by atoms with Crippen LogP contribution in [0.2, 0.25) is 0 Å². The Labute approximate surface area is 161 Å². The van der Waals surface area contributed by atoms with Gasteiger partial charge in [-0.2, -0.15) is 0 Å². The molecule has 2 amide bonds. The topological polar surface area (TPSA) is 83.9 Å². The molecule has 1 aromatic heterocycles. The smallest absolute Gasteiger partial charge is 0.354 e. The first-order valence-electron chi connectivity index (χ1n) is 9.18. The Hall–Kier alpha value is -2.35. The van der Waals surface area contributed by atoms with Gasteiger partial charge in [0.25, 0.3) is 0 Å². The molecule has 0 aliphatic carbocycles. The van der Waals surface area contributed by atoms with Gasteiger partial charge in [-0.1, -0.05) is 0 Å². The van der Waals surface area contributed by atoms with Gasteiger partial charge >= 0.3 is 12.0 Å². The minimum absolute atomic E-state index is 0.0459. The lowest BCUT2D eigenvalue weighted by Gasteiger charge is -2.24. The van der Waals surface area contributed by atoms with E-state index >= 15 is 0 Å². The molecule has 0 saturated heterocycles. The summed E-state index contributed by atoms with van der Waals surface area (Å²) in [5.74, 6) is -0.656. The lowest BCUT2D eigenvalue weighted by Crippen LogP contribution is -2.45. The molecule has 0 saturated carbocycles. The predicted molar refractivity (Wildman–Crippen MR) is 104 cm³/mol. The minimum Gasteiger partial charge on any atom is -0.464 e. The van der Waals surface area contributed by atoms with Crippen molar-refractivity contribution in [2.24, 2.45) is 0 Å². The molecular weight excluding hydrogens is 348 g/mol. The van der Waals surface area contributed by atoms with Crippen LogP contribution in [0.5, 0.6) is 0 Å². The number of aromatic nitrogens is 1. The molecular formula is C19H32N4O4. The fourth-order valence-electron chi connectivity index (χ4n) is 3.15. The highest BCUT2D eigenvalue weighted by molar-refractivity contribution is 6.04. The highest BCUT2D eigenvalue weighted by Gasteiger charge is 2.28. The van der Waals surface area contributed by atoms with Crippen molar-refractivity contribution in [3.05, 3.63) is 22.5 Å². The van der Waals surface area contributed by atoms with Crippen molar-refractivity contribution < 1.29 is 19.1 Å². The first-order valence-corrected chi connectivity index (χ1v) is 9.18. The average Bonchev–Trinajstić information content (AvgIpc) is 2.87. The van der Waals surface area contributed by atoms with Crippen molar-refractivity contribution in [3.8, 4) is 0 Å². The first kappa shape index (κ1) is 22.7. The number of ether oxygens (including phenoxy) is 1. The summed E-state index contributed by atoms with van der Waals surface area (Å²) in [5, 5.41) is 2.75. The van der Waals surface area contributed by atoms with Crippen LogP contribution in [0.3, 0.4) is 0 Å². The van der Waals surface area contributed by atoms with Gasteiger partial charge in [0.15, 0.2) is 5.78 Å². The maximum atomic E-state index is 13.0. The standard InChI is InChI=1S/C19H32N4O4/c1-8-20-19(26)22(11-10-21(5)6)12-15(24)16-13(3)17(18(25)27-7)23(9-2)14(16)4/h8-12H2,1-7H3,(H,20,26). The van der Waals surface area contributed by atoms with Crippen LogP contribution in [0.25, 0.3) is 0 Å². The van der Waals surface area contributed by atoms with Crippen molar-refractivity contribution >= 4 is 17.8 Å². The number of hydrogen-bond donors (Lipinski definition) is 1. The van der Waals surface area contributed by atoms with Crippen molar-refractivity contribution in [3.63, 3.8) is 0 Å². The third kappa shape index (κ3) is 5.32. The van der Waals surface area contributed by atoms with Gasteiger partial charge in [-0.25, -0.2) is 9.59 Å². The molecule has 0 fully saturated rings. The third-order valence-electron chi connectivity index (χ3n) is 4.51. The highest BCUT2D eigenvalue weighted by atomic mass is 16.5. The van der Waals surface area contributed by atoms with Crippen molar-refractivity contribution in [1.82, 2.24) is 19.7 Å². The molecule has 0 unspecified atom stereocenters. The van der Waals surface area contributed by atoms with Crippen LogP contribution in [-0.2, 0) is 11.3 Å². The van der Waals surface area contributed by atoms with Crippen molar-refractivity contribution in [1.29, 1.82) is 0 Å². The molecule has 1 N–H and O–H groups in total. The van der Waals surface area contributed by atoms with Gasteiger partial charge in [0.05, 0.1) is 13.7 Å². The molecule has 1 rings (SSSR count). The van der Waals surface area contributed by atoms with Crippen LogP contribution in [0.4, 0.5) is 4.79 Å². The highest BCUT2D eigenvalue weighted by Crippen LogP contribution is 2.24. The van der Waals surface area contributed by atoms with Crippen LogP contribution in [0, 0.1) is 13.8 Å². The molecule has 0 bridgehead atoms. The Morgan fingerprint density at radius 1 is 1.11 bits per heavy atom. The number of rotatable bonds is 9. The SMILES string of the molecule is CCNC(=O)N(CCN(C)C)CC(=O)c1c(C)c(C(=O)OC)n(CC)c1C. The summed E-state index contributed by atoms with van der Waals surface area (Å²) in [5.41, 5.74) is 2.17. The number of nitrogens with one attached hydrogen (secondary N) is 1. The number of nitrogens with zero attached hydrogens (tertiary/aromatic N) is 3. The van der Waals surface area contributed by atoms with E-state index in [1.165, 1.54) is 12.0 Å². The molecule has 152 valence electrons. The summed E-state index contributed by atoms with van der Waals surface area (Å²) in [6.45, 7) is 9.37. The maximum absolute atomic E-state index is 13.0. The average molecular weight is 380 g/mol. The Morgan fingerprint density at radius 2 is 1.74 bits per heavy atom. The van der Waals surface area contributed by atoms with E-state index in [0.717, 1.165) is 0 Å². The van der Waals surface area contributed by atoms with Gasteiger partial charge in [-0.05, 0) is 47.4 Å². The van der Waals surface area contributed by atoms with E-state index in [-0.39, 0.29) is 18.4 Å². The van der Waals surface area contributed by atoms with Gasteiger partial charge in [-0.3, -0.25) is 4.79 Å². The molecule has 8 heteroatoms. The molecule has 8 nitrogen and oxygen atoms in total.